The molecule has 162 valence electrons. The number of esters is 1. The highest BCUT2D eigenvalue weighted by atomic mass is 35.5. The SMILES string of the molecule is CCCC(Cl)CN1c2cc(Cc3ccc(F)cc3)c(CC(=O)OC)nc2OCC1C. The first-order chi connectivity index (χ1) is 14.4. The molecule has 2 atom stereocenters. The van der Waals surface area contributed by atoms with E-state index < -0.39 is 0 Å². The molecule has 0 saturated heterocycles. The van der Waals surface area contributed by atoms with E-state index in [2.05, 4.69) is 23.7 Å². The summed E-state index contributed by atoms with van der Waals surface area (Å²) in [4.78, 5) is 18.9. The van der Waals surface area contributed by atoms with Gasteiger partial charge in [0.15, 0.2) is 0 Å². The highest BCUT2D eigenvalue weighted by Gasteiger charge is 2.29. The third-order valence-corrected chi connectivity index (χ3v) is 5.64. The van der Waals surface area contributed by atoms with Gasteiger partial charge in [-0.1, -0.05) is 25.5 Å². The van der Waals surface area contributed by atoms with Crippen molar-refractivity contribution in [1.29, 1.82) is 0 Å². The van der Waals surface area contributed by atoms with Crippen molar-refractivity contribution in [2.24, 2.45) is 0 Å². The molecule has 3 rings (SSSR count). The summed E-state index contributed by atoms with van der Waals surface area (Å²) in [5, 5.41) is 0.0266. The molecule has 5 nitrogen and oxygen atoms in total. The largest absolute Gasteiger partial charge is 0.474 e. The molecule has 0 saturated carbocycles. The zero-order valence-corrected chi connectivity index (χ0v) is 18.4. The number of benzene rings is 1. The van der Waals surface area contributed by atoms with Crippen molar-refractivity contribution in [2.75, 3.05) is 25.2 Å². The van der Waals surface area contributed by atoms with E-state index in [1.807, 2.05) is 6.07 Å². The van der Waals surface area contributed by atoms with Gasteiger partial charge >= 0.3 is 5.97 Å². The second kappa shape index (κ2) is 10.1. The zero-order valence-electron chi connectivity index (χ0n) is 17.7. The third kappa shape index (κ3) is 5.42. The van der Waals surface area contributed by atoms with Crippen LogP contribution in [0.4, 0.5) is 10.1 Å². The van der Waals surface area contributed by atoms with Crippen molar-refractivity contribution in [3.8, 4) is 5.88 Å². The van der Waals surface area contributed by atoms with Crippen LogP contribution >= 0.6 is 11.6 Å². The molecule has 7 heteroatoms. The number of anilines is 1. The second-order valence-corrected chi connectivity index (χ2v) is 8.29. The molecule has 2 unspecified atom stereocenters. The number of alkyl halides is 1. The molecule has 0 amide bonds. The van der Waals surface area contributed by atoms with Crippen molar-refractivity contribution in [3.63, 3.8) is 0 Å². The molecule has 1 aromatic carbocycles. The smallest absolute Gasteiger partial charge is 0.311 e. The maximum Gasteiger partial charge on any atom is 0.311 e. The fourth-order valence-corrected chi connectivity index (χ4v) is 4.00. The van der Waals surface area contributed by atoms with Gasteiger partial charge in [0.2, 0.25) is 5.88 Å². The fraction of sp³-hybridized carbons (Fsp3) is 0.478. The van der Waals surface area contributed by atoms with Gasteiger partial charge in [-0.3, -0.25) is 4.79 Å². The maximum absolute atomic E-state index is 13.3. The van der Waals surface area contributed by atoms with Crippen LogP contribution < -0.4 is 9.64 Å². The summed E-state index contributed by atoms with van der Waals surface area (Å²) in [6.45, 7) is 5.42. The number of hydrogen-bond acceptors (Lipinski definition) is 5. The Balaban J connectivity index is 1.99. The predicted octanol–water partition coefficient (Wildman–Crippen LogP) is 4.52. The van der Waals surface area contributed by atoms with Crippen LogP contribution in [-0.4, -0.2) is 42.6 Å². The molecular formula is C23H28ClFN2O3. The number of nitrogens with zero attached hydrogens (tertiary/aromatic N) is 2. The van der Waals surface area contributed by atoms with E-state index in [1.54, 1.807) is 12.1 Å². The van der Waals surface area contributed by atoms with Crippen molar-refractivity contribution >= 4 is 23.3 Å². The quantitative estimate of drug-likeness (QED) is 0.451. The number of hydrogen-bond donors (Lipinski definition) is 0. The number of fused-ring (bicyclic) bond motifs is 1. The molecule has 0 fully saturated rings. The summed E-state index contributed by atoms with van der Waals surface area (Å²) in [6.07, 6.45) is 2.52. The first-order valence-corrected chi connectivity index (χ1v) is 10.7. The molecular weight excluding hydrogens is 407 g/mol. The number of rotatable bonds is 8. The van der Waals surface area contributed by atoms with Crippen LogP contribution in [0.25, 0.3) is 0 Å². The second-order valence-electron chi connectivity index (χ2n) is 7.67. The summed E-state index contributed by atoms with van der Waals surface area (Å²) >= 11 is 6.55. The fourth-order valence-electron chi connectivity index (χ4n) is 3.63. The number of carbonyl (C=O) groups excluding carboxylic acids is 1. The Morgan fingerprint density at radius 2 is 2.13 bits per heavy atom. The minimum absolute atomic E-state index is 0.0266. The van der Waals surface area contributed by atoms with Crippen molar-refractivity contribution in [1.82, 2.24) is 4.98 Å². The highest BCUT2D eigenvalue weighted by molar-refractivity contribution is 6.20. The summed E-state index contributed by atoms with van der Waals surface area (Å²) in [7, 11) is 1.36. The normalized spacial score (nSPS) is 16.6. The van der Waals surface area contributed by atoms with Gasteiger partial charge in [0.25, 0.3) is 0 Å². The number of methoxy groups -OCH3 is 1. The van der Waals surface area contributed by atoms with Crippen LogP contribution in [0.15, 0.2) is 30.3 Å². The van der Waals surface area contributed by atoms with Crippen LogP contribution in [0.2, 0.25) is 0 Å². The highest BCUT2D eigenvalue weighted by Crippen LogP contribution is 2.35. The molecule has 0 spiro atoms. The molecule has 0 aliphatic carbocycles. The van der Waals surface area contributed by atoms with E-state index in [4.69, 9.17) is 21.1 Å². The molecule has 0 radical (unpaired) electrons. The van der Waals surface area contributed by atoms with Gasteiger partial charge in [0.05, 0.1) is 30.6 Å². The molecule has 0 bridgehead atoms. The van der Waals surface area contributed by atoms with E-state index >= 15 is 0 Å². The summed E-state index contributed by atoms with van der Waals surface area (Å²) in [5.74, 6) is -0.141. The van der Waals surface area contributed by atoms with Gasteiger partial charge in [-0.25, -0.2) is 9.37 Å². The Morgan fingerprint density at radius 3 is 2.80 bits per heavy atom. The van der Waals surface area contributed by atoms with Crippen molar-refractivity contribution < 1.29 is 18.7 Å². The monoisotopic (exact) mass is 434 g/mol. The lowest BCUT2D eigenvalue weighted by Gasteiger charge is -2.37. The van der Waals surface area contributed by atoms with Crippen molar-refractivity contribution in [2.45, 2.75) is 50.9 Å². The Kier molecular flexibility index (Phi) is 7.53. The molecule has 1 aliphatic rings. The Labute approximate surface area is 182 Å². The Bertz CT molecular complexity index is 875. The maximum atomic E-state index is 13.3. The van der Waals surface area contributed by atoms with Crippen molar-refractivity contribution in [3.05, 3.63) is 53.0 Å². The molecule has 2 heterocycles. The van der Waals surface area contributed by atoms with E-state index in [0.29, 0.717) is 31.1 Å². The lowest BCUT2D eigenvalue weighted by molar-refractivity contribution is -0.139. The first-order valence-electron chi connectivity index (χ1n) is 10.3. The standard InChI is InChI=1S/C23H28ClFN2O3/c1-4-5-18(24)13-27-15(2)14-30-23-21(27)11-17(20(26-23)12-22(28)29-3)10-16-6-8-19(25)9-7-16/h6-9,11,15,18H,4-5,10,12-14H2,1-3H3. The van der Waals surface area contributed by atoms with Crippen LogP contribution in [0.1, 0.15) is 43.5 Å². The summed E-state index contributed by atoms with van der Waals surface area (Å²) in [5.41, 5.74) is 3.30. The van der Waals surface area contributed by atoms with Gasteiger partial charge < -0.3 is 14.4 Å². The van der Waals surface area contributed by atoms with Gasteiger partial charge in [-0.2, -0.15) is 0 Å². The van der Waals surface area contributed by atoms with E-state index in [9.17, 15) is 9.18 Å². The van der Waals surface area contributed by atoms with E-state index in [0.717, 1.165) is 29.7 Å². The predicted molar refractivity (Wildman–Crippen MR) is 116 cm³/mol. The van der Waals surface area contributed by atoms with Gasteiger partial charge in [0.1, 0.15) is 18.1 Å². The lowest BCUT2D eigenvalue weighted by Crippen LogP contribution is -2.44. The van der Waals surface area contributed by atoms with Gasteiger partial charge in [0, 0.05) is 6.54 Å². The Hall–Kier alpha value is -2.34. The van der Waals surface area contributed by atoms with E-state index in [1.165, 1.54) is 19.2 Å². The molecule has 1 aromatic heterocycles. The minimum atomic E-state index is -0.368. The molecule has 0 N–H and O–H groups in total. The zero-order chi connectivity index (χ0) is 21.7. The Morgan fingerprint density at radius 1 is 1.40 bits per heavy atom. The summed E-state index contributed by atoms with van der Waals surface area (Å²) < 4.78 is 24.0. The van der Waals surface area contributed by atoms with Crippen LogP contribution in [-0.2, 0) is 22.4 Å². The van der Waals surface area contributed by atoms with Gasteiger partial charge in [-0.05, 0) is 49.1 Å². The summed E-state index contributed by atoms with van der Waals surface area (Å²) in [6, 6.07) is 8.52. The number of ether oxygens (including phenoxy) is 2. The molecule has 2 aromatic rings. The lowest BCUT2D eigenvalue weighted by atomic mass is 10.0. The third-order valence-electron chi connectivity index (χ3n) is 5.28. The van der Waals surface area contributed by atoms with Crippen LogP contribution in [0.5, 0.6) is 5.88 Å². The molecule has 1 aliphatic heterocycles. The van der Waals surface area contributed by atoms with E-state index in [-0.39, 0.29) is 29.6 Å². The van der Waals surface area contributed by atoms with Crippen LogP contribution in [0, 0.1) is 5.82 Å². The minimum Gasteiger partial charge on any atom is -0.474 e. The number of aromatic nitrogens is 1. The topological polar surface area (TPSA) is 51.7 Å². The molecule has 30 heavy (non-hydrogen) atoms. The average Bonchev–Trinajstić information content (AvgIpc) is 2.72. The average molecular weight is 435 g/mol. The first kappa shape index (κ1) is 22.3. The number of carbonyl (C=O) groups is 1. The number of pyridine rings is 1. The van der Waals surface area contributed by atoms with Gasteiger partial charge in [-0.15, -0.1) is 11.6 Å². The number of halogens is 2. The van der Waals surface area contributed by atoms with Crippen LogP contribution in [0.3, 0.4) is 0 Å².